The van der Waals surface area contributed by atoms with E-state index in [0.717, 1.165) is 51.7 Å². The minimum absolute atomic E-state index is 0.0271. The maximum atomic E-state index is 12.1. The normalized spacial score (nSPS) is 12.3. The lowest BCUT2D eigenvalue weighted by Gasteiger charge is -2.15. The second-order valence-corrected chi connectivity index (χ2v) is 9.76. The molecule has 0 fully saturated rings. The maximum absolute atomic E-state index is 12.1. The number of nitrogens with zero attached hydrogens (tertiary/aromatic N) is 4. The van der Waals surface area contributed by atoms with Crippen molar-refractivity contribution in [2.45, 2.75) is 44.1 Å². The summed E-state index contributed by atoms with van der Waals surface area (Å²) in [6, 6.07) is 20.4. The SMILES string of the molecule is CNC(=O)C(C)Sc1nnc(-c2cc(-c3ccccc3)nc3ccccc23)n1CCC(C)C. The summed E-state index contributed by atoms with van der Waals surface area (Å²) in [5.41, 5.74) is 3.87. The van der Waals surface area contributed by atoms with Crippen LogP contribution in [0.4, 0.5) is 0 Å². The van der Waals surface area contributed by atoms with Gasteiger partial charge in [0.15, 0.2) is 11.0 Å². The van der Waals surface area contributed by atoms with Gasteiger partial charge < -0.3 is 9.88 Å². The average molecular weight is 460 g/mol. The molecule has 0 spiro atoms. The van der Waals surface area contributed by atoms with E-state index in [9.17, 15) is 4.79 Å². The Morgan fingerprint density at radius 3 is 2.48 bits per heavy atom. The van der Waals surface area contributed by atoms with Gasteiger partial charge in [-0.2, -0.15) is 0 Å². The third-order valence-electron chi connectivity index (χ3n) is 5.57. The highest BCUT2D eigenvalue weighted by Gasteiger charge is 2.22. The fraction of sp³-hybridized carbons (Fsp3) is 0.308. The Hall–Kier alpha value is -3.19. The third-order valence-corrected chi connectivity index (χ3v) is 6.65. The van der Waals surface area contributed by atoms with Crippen molar-refractivity contribution in [3.8, 4) is 22.6 Å². The standard InChI is InChI=1S/C26H29N5OS/c1-17(2)14-15-31-24(29-30-26(31)33-18(3)25(32)27-4)21-16-23(19-10-6-5-7-11-19)28-22-13-9-8-12-20(21)22/h5-13,16-18H,14-15H2,1-4H3,(H,27,32). The Bertz CT molecular complexity index is 1250. The highest BCUT2D eigenvalue weighted by Crippen LogP contribution is 2.34. The van der Waals surface area contributed by atoms with Gasteiger partial charge in [-0.25, -0.2) is 4.98 Å². The summed E-state index contributed by atoms with van der Waals surface area (Å²) in [6.45, 7) is 7.08. The van der Waals surface area contributed by atoms with Crippen molar-refractivity contribution >= 4 is 28.6 Å². The van der Waals surface area contributed by atoms with Crippen LogP contribution >= 0.6 is 11.8 Å². The van der Waals surface area contributed by atoms with Crippen molar-refractivity contribution in [2.24, 2.45) is 5.92 Å². The molecule has 0 saturated carbocycles. The Morgan fingerprint density at radius 1 is 1.03 bits per heavy atom. The number of benzene rings is 2. The second kappa shape index (κ2) is 10.2. The van der Waals surface area contributed by atoms with Gasteiger partial charge in [-0.05, 0) is 31.4 Å². The van der Waals surface area contributed by atoms with Crippen LogP contribution in [0.1, 0.15) is 27.2 Å². The van der Waals surface area contributed by atoms with Crippen molar-refractivity contribution in [1.82, 2.24) is 25.1 Å². The van der Waals surface area contributed by atoms with Gasteiger partial charge in [-0.15, -0.1) is 10.2 Å². The zero-order chi connectivity index (χ0) is 23.4. The molecule has 4 rings (SSSR count). The van der Waals surface area contributed by atoms with E-state index in [4.69, 9.17) is 4.98 Å². The highest BCUT2D eigenvalue weighted by molar-refractivity contribution is 8.00. The molecule has 0 aliphatic carbocycles. The molecule has 0 saturated heterocycles. The van der Waals surface area contributed by atoms with E-state index < -0.39 is 0 Å². The largest absolute Gasteiger partial charge is 0.358 e. The van der Waals surface area contributed by atoms with E-state index in [-0.39, 0.29) is 11.2 Å². The molecule has 170 valence electrons. The van der Waals surface area contributed by atoms with E-state index in [1.165, 1.54) is 11.8 Å². The molecule has 2 heterocycles. The van der Waals surface area contributed by atoms with Gasteiger partial charge in [0.1, 0.15) is 0 Å². The molecule has 0 bridgehead atoms. The van der Waals surface area contributed by atoms with Crippen molar-refractivity contribution in [3.05, 3.63) is 60.7 Å². The number of rotatable bonds is 8. The predicted octanol–water partition coefficient (Wildman–Crippen LogP) is 5.43. The lowest BCUT2D eigenvalue weighted by Crippen LogP contribution is -2.27. The summed E-state index contributed by atoms with van der Waals surface area (Å²) < 4.78 is 2.15. The van der Waals surface area contributed by atoms with Crippen molar-refractivity contribution < 1.29 is 4.79 Å². The van der Waals surface area contributed by atoms with Gasteiger partial charge >= 0.3 is 0 Å². The zero-order valence-corrected chi connectivity index (χ0v) is 20.3. The van der Waals surface area contributed by atoms with Crippen molar-refractivity contribution in [1.29, 1.82) is 0 Å². The van der Waals surface area contributed by atoms with E-state index in [1.54, 1.807) is 7.05 Å². The number of carbonyl (C=O) groups is 1. The molecule has 0 aliphatic rings. The number of aromatic nitrogens is 4. The molecule has 4 aromatic rings. The van der Waals surface area contributed by atoms with E-state index in [0.29, 0.717) is 5.92 Å². The van der Waals surface area contributed by atoms with Gasteiger partial charge in [0.05, 0.1) is 16.5 Å². The average Bonchev–Trinajstić information content (AvgIpc) is 3.23. The van der Waals surface area contributed by atoms with Gasteiger partial charge in [0.25, 0.3) is 0 Å². The molecule has 1 amide bonds. The zero-order valence-electron chi connectivity index (χ0n) is 19.4. The molecule has 1 unspecified atom stereocenters. The minimum Gasteiger partial charge on any atom is -0.358 e. The summed E-state index contributed by atoms with van der Waals surface area (Å²) in [5, 5.41) is 13.4. The van der Waals surface area contributed by atoms with Gasteiger partial charge in [0, 0.05) is 30.1 Å². The first-order valence-electron chi connectivity index (χ1n) is 11.2. The summed E-state index contributed by atoms with van der Waals surface area (Å²) in [5.74, 6) is 1.31. The molecule has 7 heteroatoms. The van der Waals surface area contributed by atoms with Crippen molar-refractivity contribution in [3.63, 3.8) is 0 Å². The third kappa shape index (κ3) is 5.09. The number of carbonyl (C=O) groups excluding carboxylic acids is 1. The summed E-state index contributed by atoms with van der Waals surface area (Å²) in [7, 11) is 1.66. The quantitative estimate of drug-likeness (QED) is 0.356. The molecule has 33 heavy (non-hydrogen) atoms. The lowest BCUT2D eigenvalue weighted by atomic mass is 10.0. The van der Waals surface area contributed by atoms with E-state index in [1.807, 2.05) is 43.3 Å². The molecular weight excluding hydrogens is 430 g/mol. The smallest absolute Gasteiger partial charge is 0.233 e. The van der Waals surface area contributed by atoms with Crippen LogP contribution in [-0.4, -0.2) is 38.0 Å². The Morgan fingerprint density at radius 2 is 1.76 bits per heavy atom. The molecule has 1 atom stereocenters. The maximum Gasteiger partial charge on any atom is 0.233 e. The Balaban J connectivity index is 1.87. The van der Waals surface area contributed by atoms with Crippen LogP contribution in [0.15, 0.2) is 65.8 Å². The number of pyridine rings is 1. The fourth-order valence-electron chi connectivity index (χ4n) is 3.70. The number of thioether (sulfide) groups is 1. The van der Waals surface area contributed by atoms with Crippen molar-refractivity contribution in [2.75, 3.05) is 7.05 Å². The van der Waals surface area contributed by atoms with E-state index in [2.05, 4.69) is 58.2 Å². The number of fused-ring (bicyclic) bond motifs is 1. The molecule has 0 aliphatic heterocycles. The molecule has 2 aromatic heterocycles. The van der Waals surface area contributed by atoms with Crippen LogP contribution in [0.3, 0.4) is 0 Å². The van der Waals surface area contributed by atoms with Crippen LogP contribution < -0.4 is 5.32 Å². The van der Waals surface area contributed by atoms with E-state index >= 15 is 0 Å². The number of nitrogens with one attached hydrogen (secondary N) is 1. The number of hydrogen-bond donors (Lipinski definition) is 1. The van der Waals surface area contributed by atoms with Crippen LogP contribution in [0.2, 0.25) is 0 Å². The first kappa shape index (κ1) is 23.0. The fourth-order valence-corrected chi connectivity index (χ4v) is 4.63. The first-order chi connectivity index (χ1) is 16.0. The summed E-state index contributed by atoms with van der Waals surface area (Å²) >= 11 is 1.44. The van der Waals surface area contributed by atoms with Crippen LogP contribution in [0.25, 0.3) is 33.5 Å². The number of para-hydroxylation sites is 1. The summed E-state index contributed by atoms with van der Waals surface area (Å²) in [4.78, 5) is 17.1. The Kier molecular flexibility index (Phi) is 7.08. The van der Waals surface area contributed by atoms with Gasteiger partial charge in [0.2, 0.25) is 5.91 Å². The summed E-state index contributed by atoms with van der Waals surface area (Å²) in [6.07, 6.45) is 0.988. The molecule has 6 nitrogen and oxygen atoms in total. The number of amides is 1. The van der Waals surface area contributed by atoms with Crippen LogP contribution in [0.5, 0.6) is 0 Å². The number of hydrogen-bond acceptors (Lipinski definition) is 5. The monoisotopic (exact) mass is 459 g/mol. The first-order valence-corrected chi connectivity index (χ1v) is 12.1. The highest BCUT2D eigenvalue weighted by atomic mass is 32.2. The topological polar surface area (TPSA) is 72.7 Å². The molecule has 1 N–H and O–H groups in total. The van der Waals surface area contributed by atoms with Crippen LogP contribution in [-0.2, 0) is 11.3 Å². The molecule has 0 radical (unpaired) electrons. The Labute approximate surface area is 198 Å². The van der Waals surface area contributed by atoms with Gasteiger partial charge in [-0.1, -0.05) is 74.1 Å². The van der Waals surface area contributed by atoms with Gasteiger partial charge in [-0.3, -0.25) is 4.79 Å². The predicted molar refractivity (Wildman–Crippen MR) is 135 cm³/mol. The van der Waals surface area contributed by atoms with Crippen LogP contribution in [0, 0.1) is 5.92 Å². The molecular formula is C26H29N5OS. The minimum atomic E-state index is -0.265. The molecule has 2 aromatic carbocycles. The second-order valence-electron chi connectivity index (χ2n) is 8.45. The lowest BCUT2D eigenvalue weighted by molar-refractivity contribution is -0.119.